The molecule has 1 aromatic rings. The number of benzene rings is 1. The topological polar surface area (TPSA) is 32.3 Å². The van der Waals surface area contributed by atoms with Gasteiger partial charge in [-0.15, -0.1) is 0 Å². The predicted octanol–water partition coefficient (Wildman–Crippen LogP) is 2.70. The summed E-state index contributed by atoms with van der Waals surface area (Å²) in [7, 11) is 0. The summed E-state index contributed by atoms with van der Waals surface area (Å²) in [4.78, 5) is 0. The highest BCUT2D eigenvalue weighted by molar-refractivity contribution is 9.10. The molecule has 0 amide bonds. The molecule has 2 N–H and O–H groups in total. The van der Waals surface area contributed by atoms with Gasteiger partial charge in [-0.05, 0) is 38.0 Å². The second-order valence-corrected chi connectivity index (χ2v) is 4.91. The quantitative estimate of drug-likeness (QED) is 0.863. The van der Waals surface area contributed by atoms with Gasteiger partial charge in [0.05, 0.1) is 6.10 Å². The lowest BCUT2D eigenvalue weighted by Gasteiger charge is -2.15. The third-order valence-corrected chi connectivity index (χ3v) is 2.79. The van der Waals surface area contributed by atoms with Crippen LogP contribution in [0.3, 0.4) is 0 Å². The molecule has 0 saturated heterocycles. The van der Waals surface area contributed by atoms with Crippen LogP contribution in [0.2, 0.25) is 0 Å². The van der Waals surface area contributed by atoms with Crippen LogP contribution in [0.15, 0.2) is 28.7 Å². The van der Waals surface area contributed by atoms with Crippen LogP contribution in [-0.4, -0.2) is 17.3 Å². The maximum atomic E-state index is 9.21. The molecule has 2 unspecified atom stereocenters. The van der Waals surface area contributed by atoms with Gasteiger partial charge < -0.3 is 10.4 Å². The zero-order valence-electron chi connectivity index (χ0n) is 9.20. The minimum Gasteiger partial charge on any atom is -0.393 e. The molecule has 15 heavy (non-hydrogen) atoms. The maximum absolute atomic E-state index is 9.21. The standard InChI is InChI=1S/C12H18BrNO/c1-9(7-10(2)15)14-8-11-3-5-12(13)6-4-11/h3-6,9-10,14-15H,7-8H2,1-2H3. The van der Waals surface area contributed by atoms with Crippen molar-refractivity contribution in [3.05, 3.63) is 34.3 Å². The van der Waals surface area contributed by atoms with Gasteiger partial charge in [0.1, 0.15) is 0 Å². The average Bonchev–Trinajstić information content (AvgIpc) is 2.16. The molecule has 0 heterocycles. The Kier molecular flexibility index (Phi) is 5.29. The molecule has 0 spiro atoms. The maximum Gasteiger partial charge on any atom is 0.0526 e. The van der Waals surface area contributed by atoms with E-state index in [1.165, 1.54) is 5.56 Å². The van der Waals surface area contributed by atoms with Gasteiger partial charge in [0.2, 0.25) is 0 Å². The summed E-state index contributed by atoms with van der Waals surface area (Å²) in [5.41, 5.74) is 1.26. The second-order valence-electron chi connectivity index (χ2n) is 3.99. The van der Waals surface area contributed by atoms with Crippen LogP contribution in [0.25, 0.3) is 0 Å². The first-order chi connectivity index (χ1) is 7.08. The minimum absolute atomic E-state index is 0.239. The fourth-order valence-electron chi connectivity index (χ4n) is 1.49. The molecule has 0 fully saturated rings. The monoisotopic (exact) mass is 271 g/mol. The van der Waals surface area contributed by atoms with E-state index in [1.807, 2.05) is 19.1 Å². The Bertz CT molecular complexity index is 284. The second kappa shape index (κ2) is 6.26. The van der Waals surface area contributed by atoms with Gasteiger partial charge in [-0.3, -0.25) is 0 Å². The van der Waals surface area contributed by atoms with Crippen LogP contribution >= 0.6 is 15.9 Å². The summed E-state index contributed by atoms with van der Waals surface area (Å²) in [5, 5.41) is 12.6. The zero-order chi connectivity index (χ0) is 11.3. The lowest BCUT2D eigenvalue weighted by molar-refractivity contribution is 0.170. The van der Waals surface area contributed by atoms with E-state index in [0.29, 0.717) is 6.04 Å². The van der Waals surface area contributed by atoms with Crippen molar-refractivity contribution in [3.63, 3.8) is 0 Å². The van der Waals surface area contributed by atoms with Crippen LogP contribution in [0.1, 0.15) is 25.8 Å². The van der Waals surface area contributed by atoms with Crippen molar-refractivity contribution < 1.29 is 5.11 Å². The molecule has 84 valence electrons. The summed E-state index contributed by atoms with van der Waals surface area (Å²) >= 11 is 3.40. The van der Waals surface area contributed by atoms with Crippen molar-refractivity contribution in [3.8, 4) is 0 Å². The van der Waals surface area contributed by atoms with Gasteiger partial charge in [-0.25, -0.2) is 0 Å². The van der Waals surface area contributed by atoms with Crippen molar-refractivity contribution in [1.82, 2.24) is 5.32 Å². The first-order valence-electron chi connectivity index (χ1n) is 5.24. The predicted molar refractivity (Wildman–Crippen MR) is 66.7 cm³/mol. The van der Waals surface area contributed by atoms with Crippen LogP contribution in [0.5, 0.6) is 0 Å². The van der Waals surface area contributed by atoms with Crippen molar-refractivity contribution in [2.24, 2.45) is 0 Å². The first-order valence-corrected chi connectivity index (χ1v) is 6.03. The van der Waals surface area contributed by atoms with E-state index in [1.54, 1.807) is 0 Å². The van der Waals surface area contributed by atoms with E-state index in [9.17, 15) is 5.11 Å². The number of nitrogens with one attached hydrogen (secondary N) is 1. The molecule has 0 aliphatic heterocycles. The van der Waals surface area contributed by atoms with E-state index < -0.39 is 0 Å². The molecule has 0 saturated carbocycles. The van der Waals surface area contributed by atoms with Crippen molar-refractivity contribution in [2.45, 2.75) is 39.0 Å². The highest BCUT2D eigenvalue weighted by Gasteiger charge is 2.04. The molecule has 0 aromatic heterocycles. The highest BCUT2D eigenvalue weighted by atomic mass is 79.9. The fourth-order valence-corrected chi connectivity index (χ4v) is 1.75. The average molecular weight is 272 g/mol. The Morgan fingerprint density at radius 3 is 2.40 bits per heavy atom. The van der Waals surface area contributed by atoms with E-state index in [4.69, 9.17) is 0 Å². The van der Waals surface area contributed by atoms with Crippen LogP contribution in [0, 0.1) is 0 Å². The summed E-state index contributed by atoms with van der Waals surface area (Å²) in [6, 6.07) is 8.60. The van der Waals surface area contributed by atoms with Gasteiger partial charge >= 0.3 is 0 Å². The van der Waals surface area contributed by atoms with Gasteiger partial charge in [0.15, 0.2) is 0 Å². The van der Waals surface area contributed by atoms with E-state index >= 15 is 0 Å². The largest absolute Gasteiger partial charge is 0.393 e. The number of halogens is 1. The molecule has 0 bridgehead atoms. The van der Waals surface area contributed by atoms with E-state index in [-0.39, 0.29) is 6.10 Å². The fraction of sp³-hybridized carbons (Fsp3) is 0.500. The molecule has 0 aliphatic carbocycles. The molecular formula is C12H18BrNO. The van der Waals surface area contributed by atoms with Gasteiger partial charge in [-0.1, -0.05) is 28.1 Å². The van der Waals surface area contributed by atoms with Gasteiger partial charge in [0, 0.05) is 17.1 Å². The summed E-state index contributed by atoms with van der Waals surface area (Å²) in [6.45, 7) is 4.75. The molecule has 0 aliphatic rings. The third-order valence-electron chi connectivity index (χ3n) is 2.26. The number of hydrogen-bond donors (Lipinski definition) is 2. The van der Waals surface area contributed by atoms with Crippen LogP contribution < -0.4 is 5.32 Å². The lowest BCUT2D eigenvalue weighted by atomic mass is 10.1. The molecule has 0 radical (unpaired) electrons. The van der Waals surface area contributed by atoms with Gasteiger partial charge in [-0.2, -0.15) is 0 Å². The van der Waals surface area contributed by atoms with Gasteiger partial charge in [0.25, 0.3) is 0 Å². The molecule has 2 nitrogen and oxygen atoms in total. The summed E-state index contributed by atoms with van der Waals surface area (Å²) < 4.78 is 1.10. The molecule has 1 rings (SSSR count). The summed E-state index contributed by atoms with van der Waals surface area (Å²) in [5.74, 6) is 0. The third kappa shape index (κ3) is 5.30. The number of aliphatic hydroxyl groups is 1. The Hall–Kier alpha value is -0.380. The molecule has 3 heteroatoms. The molecule has 2 atom stereocenters. The van der Waals surface area contributed by atoms with Crippen molar-refractivity contribution in [2.75, 3.05) is 0 Å². The SMILES string of the molecule is CC(O)CC(C)NCc1ccc(Br)cc1. The van der Waals surface area contributed by atoms with Crippen molar-refractivity contribution in [1.29, 1.82) is 0 Å². The Balaban J connectivity index is 2.33. The summed E-state index contributed by atoms with van der Waals surface area (Å²) in [6.07, 6.45) is 0.550. The lowest BCUT2D eigenvalue weighted by Crippen LogP contribution is -2.28. The molecular weight excluding hydrogens is 254 g/mol. The Labute approximate surface area is 99.8 Å². The highest BCUT2D eigenvalue weighted by Crippen LogP contribution is 2.10. The van der Waals surface area contributed by atoms with Crippen molar-refractivity contribution >= 4 is 15.9 Å². The Morgan fingerprint density at radius 1 is 1.27 bits per heavy atom. The zero-order valence-corrected chi connectivity index (χ0v) is 10.8. The first kappa shape index (κ1) is 12.7. The van der Waals surface area contributed by atoms with E-state index in [2.05, 4.69) is 40.3 Å². The van der Waals surface area contributed by atoms with Crippen LogP contribution in [0.4, 0.5) is 0 Å². The van der Waals surface area contributed by atoms with Crippen LogP contribution in [-0.2, 0) is 6.54 Å². The minimum atomic E-state index is -0.239. The Morgan fingerprint density at radius 2 is 1.87 bits per heavy atom. The molecule has 1 aromatic carbocycles. The number of aliphatic hydroxyl groups excluding tert-OH is 1. The number of hydrogen-bond acceptors (Lipinski definition) is 2. The number of rotatable bonds is 5. The van der Waals surface area contributed by atoms with E-state index in [0.717, 1.165) is 17.4 Å². The smallest absolute Gasteiger partial charge is 0.0526 e. The normalized spacial score (nSPS) is 14.9.